The van der Waals surface area contributed by atoms with Crippen molar-refractivity contribution in [1.82, 2.24) is 5.32 Å². The number of halogens is 3. The summed E-state index contributed by atoms with van der Waals surface area (Å²) >= 11 is 0. The number of hydrogen-bond donors (Lipinski definition) is 2. The lowest BCUT2D eigenvalue weighted by molar-refractivity contribution is -0.139. The molecule has 0 radical (unpaired) electrons. The van der Waals surface area contributed by atoms with Crippen LogP contribution in [0, 0.1) is 0 Å². The Hall–Kier alpha value is -4.01. The molecule has 9 heteroatoms. The largest absolute Gasteiger partial charge is 0.496 e. The number of hydrogen-bond acceptors (Lipinski definition) is 4. The van der Waals surface area contributed by atoms with Crippen LogP contribution in [0.3, 0.4) is 0 Å². The molecule has 0 aromatic heterocycles. The van der Waals surface area contributed by atoms with Gasteiger partial charge in [-0.25, -0.2) is 9.59 Å². The highest BCUT2D eigenvalue weighted by Crippen LogP contribution is 2.44. The van der Waals surface area contributed by atoms with Gasteiger partial charge in [-0.05, 0) is 52.8 Å². The average molecular weight is 499 g/mol. The number of carbonyl (C=O) groups is 2. The molecule has 0 saturated carbocycles. The first-order valence-electron chi connectivity index (χ1n) is 11.3. The molecule has 1 amide bonds. The van der Waals surface area contributed by atoms with Crippen molar-refractivity contribution in [3.8, 4) is 16.9 Å². The Balaban J connectivity index is 1.39. The fourth-order valence-electron chi connectivity index (χ4n) is 4.47. The van der Waals surface area contributed by atoms with E-state index in [9.17, 15) is 27.9 Å². The minimum absolute atomic E-state index is 0.00453. The van der Waals surface area contributed by atoms with Gasteiger partial charge in [0.1, 0.15) is 18.4 Å². The first-order valence-corrected chi connectivity index (χ1v) is 11.3. The number of rotatable bonds is 8. The number of alkyl carbamates (subject to hydrolysis) is 1. The van der Waals surface area contributed by atoms with Crippen LogP contribution in [0.15, 0.2) is 66.7 Å². The second kappa shape index (κ2) is 10.3. The van der Waals surface area contributed by atoms with Crippen LogP contribution >= 0.6 is 0 Å². The Bertz CT molecular complexity index is 1230. The van der Waals surface area contributed by atoms with Crippen molar-refractivity contribution >= 4 is 12.1 Å². The number of alkyl halides is 3. The van der Waals surface area contributed by atoms with E-state index >= 15 is 0 Å². The van der Waals surface area contributed by atoms with E-state index < -0.39 is 29.8 Å². The number of amides is 1. The van der Waals surface area contributed by atoms with E-state index in [0.717, 1.165) is 34.4 Å². The zero-order valence-corrected chi connectivity index (χ0v) is 19.3. The summed E-state index contributed by atoms with van der Waals surface area (Å²) in [5.41, 5.74) is 3.71. The highest BCUT2D eigenvalue weighted by atomic mass is 19.4. The van der Waals surface area contributed by atoms with E-state index in [4.69, 9.17) is 9.47 Å². The summed E-state index contributed by atoms with van der Waals surface area (Å²) in [6.45, 7) is 0.0267. The van der Waals surface area contributed by atoms with Crippen LogP contribution in [0.5, 0.6) is 5.75 Å². The first kappa shape index (κ1) is 25.1. The van der Waals surface area contributed by atoms with Crippen LogP contribution in [-0.2, 0) is 22.1 Å². The molecule has 0 heterocycles. The molecule has 4 rings (SSSR count). The summed E-state index contributed by atoms with van der Waals surface area (Å²) in [7, 11) is 1.24. The predicted molar refractivity (Wildman–Crippen MR) is 126 cm³/mol. The van der Waals surface area contributed by atoms with E-state index in [-0.39, 0.29) is 31.1 Å². The number of carboxylic acid groups (broad SMARTS) is 1. The molecule has 0 fully saturated rings. The van der Waals surface area contributed by atoms with Gasteiger partial charge in [-0.15, -0.1) is 0 Å². The monoisotopic (exact) mass is 499 g/mol. The topological polar surface area (TPSA) is 84.9 Å². The lowest BCUT2D eigenvalue weighted by Crippen LogP contribution is -2.41. The van der Waals surface area contributed by atoms with Gasteiger partial charge < -0.3 is 19.9 Å². The molecule has 3 aromatic rings. The molecule has 6 nitrogen and oxygen atoms in total. The molecule has 188 valence electrons. The van der Waals surface area contributed by atoms with Gasteiger partial charge in [-0.2, -0.15) is 13.2 Å². The summed E-state index contributed by atoms with van der Waals surface area (Å²) in [5, 5.41) is 11.9. The number of methoxy groups -OCH3 is 1. The fourth-order valence-corrected chi connectivity index (χ4v) is 4.47. The van der Waals surface area contributed by atoms with Crippen LogP contribution < -0.4 is 10.1 Å². The van der Waals surface area contributed by atoms with Gasteiger partial charge in [-0.3, -0.25) is 0 Å². The summed E-state index contributed by atoms with van der Waals surface area (Å²) in [6.07, 6.45) is -5.41. The van der Waals surface area contributed by atoms with Crippen molar-refractivity contribution in [2.75, 3.05) is 13.7 Å². The summed E-state index contributed by atoms with van der Waals surface area (Å²) in [4.78, 5) is 24.2. The molecule has 0 aliphatic heterocycles. The lowest BCUT2D eigenvalue weighted by atomic mass is 9.98. The third-order valence-corrected chi connectivity index (χ3v) is 6.25. The number of benzene rings is 3. The molecule has 2 N–H and O–H groups in total. The van der Waals surface area contributed by atoms with Crippen LogP contribution in [0.25, 0.3) is 11.1 Å². The van der Waals surface area contributed by atoms with E-state index in [1.807, 2.05) is 48.5 Å². The number of nitrogens with one attached hydrogen (secondary N) is 1. The highest BCUT2D eigenvalue weighted by Gasteiger charge is 2.32. The normalized spacial score (nSPS) is 13.4. The van der Waals surface area contributed by atoms with Crippen LogP contribution in [0.2, 0.25) is 0 Å². The van der Waals surface area contributed by atoms with Gasteiger partial charge in [0.15, 0.2) is 0 Å². The fraction of sp³-hybridized carbons (Fsp3) is 0.259. The number of ether oxygens (including phenoxy) is 2. The zero-order chi connectivity index (χ0) is 25.9. The molecular formula is C27H24F3NO5. The minimum Gasteiger partial charge on any atom is -0.496 e. The van der Waals surface area contributed by atoms with Crippen molar-refractivity contribution < 1.29 is 37.3 Å². The molecule has 3 aromatic carbocycles. The number of carbonyl (C=O) groups excluding carboxylic acids is 1. The Morgan fingerprint density at radius 2 is 1.61 bits per heavy atom. The van der Waals surface area contributed by atoms with E-state index in [1.54, 1.807) is 0 Å². The van der Waals surface area contributed by atoms with Crippen molar-refractivity contribution in [3.05, 3.63) is 89.0 Å². The first-order chi connectivity index (χ1) is 17.2. The SMILES string of the molecule is COc1cc(C(F)(F)F)ccc1CC[C@H](NC(=O)OCC1c2ccccc2-c2ccccc21)C(=O)O. The number of fused-ring (bicyclic) bond motifs is 3. The third-order valence-electron chi connectivity index (χ3n) is 6.25. The maximum absolute atomic E-state index is 13.0. The Labute approximate surface area is 205 Å². The molecule has 0 spiro atoms. The number of aliphatic carboxylic acids is 1. The minimum atomic E-state index is -4.53. The molecule has 1 atom stereocenters. The van der Waals surface area contributed by atoms with Gasteiger partial charge in [-0.1, -0.05) is 54.6 Å². The Morgan fingerprint density at radius 3 is 2.17 bits per heavy atom. The third kappa shape index (κ3) is 5.30. The smallest absolute Gasteiger partial charge is 0.416 e. The zero-order valence-electron chi connectivity index (χ0n) is 19.3. The molecular weight excluding hydrogens is 475 g/mol. The van der Waals surface area contributed by atoms with E-state index in [1.165, 1.54) is 13.2 Å². The number of aryl methyl sites for hydroxylation is 1. The van der Waals surface area contributed by atoms with Crippen LogP contribution in [0.1, 0.15) is 34.6 Å². The van der Waals surface area contributed by atoms with Crippen LogP contribution in [0.4, 0.5) is 18.0 Å². The second-order valence-corrected chi connectivity index (χ2v) is 8.42. The predicted octanol–water partition coefficient (Wildman–Crippen LogP) is 5.64. The van der Waals surface area contributed by atoms with Crippen molar-refractivity contribution in [1.29, 1.82) is 0 Å². The van der Waals surface area contributed by atoms with Gasteiger partial charge in [0.2, 0.25) is 0 Å². The molecule has 0 unspecified atom stereocenters. The van der Waals surface area contributed by atoms with Crippen LogP contribution in [-0.4, -0.2) is 36.9 Å². The van der Waals surface area contributed by atoms with E-state index in [0.29, 0.717) is 5.56 Å². The average Bonchev–Trinajstić information content (AvgIpc) is 3.18. The van der Waals surface area contributed by atoms with Gasteiger partial charge in [0.05, 0.1) is 12.7 Å². The van der Waals surface area contributed by atoms with Crippen molar-refractivity contribution in [2.45, 2.75) is 31.0 Å². The molecule has 1 aliphatic rings. The Kier molecular flexibility index (Phi) is 7.19. The van der Waals surface area contributed by atoms with E-state index in [2.05, 4.69) is 5.32 Å². The molecule has 0 saturated heterocycles. The maximum Gasteiger partial charge on any atom is 0.416 e. The van der Waals surface area contributed by atoms with Crippen molar-refractivity contribution in [2.24, 2.45) is 0 Å². The number of carboxylic acids is 1. The molecule has 36 heavy (non-hydrogen) atoms. The Morgan fingerprint density at radius 1 is 1.00 bits per heavy atom. The summed E-state index contributed by atoms with van der Waals surface area (Å²) in [6, 6.07) is 17.4. The molecule has 1 aliphatic carbocycles. The standard InChI is InChI=1S/C27H24F3NO5/c1-35-24-14-17(27(28,29)30)12-10-16(24)11-13-23(25(32)33)31-26(34)36-15-22-20-8-4-2-6-18(20)19-7-3-5-9-21(19)22/h2-10,12,14,22-23H,11,13,15H2,1H3,(H,31,34)(H,32,33)/t23-/m0/s1. The summed E-state index contributed by atoms with van der Waals surface area (Å²) < 4.78 is 49.3. The van der Waals surface area contributed by atoms with Crippen molar-refractivity contribution in [3.63, 3.8) is 0 Å². The van der Waals surface area contributed by atoms with Gasteiger partial charge in [0.25, 0.3) is 0 Å². The lowest BCUT2D eigenvalue weighted by Gasteiger charge is -2.18. The van der Waals surface area contributed by atoms with Gasteiger partial charge in [0, 0.05) is 5.92 Å². The summed E-state index contributed by atoms with van der Waals surface area (Å²) in [5.74, 6) is -1.47. The molecule has 0 bridgehead atoms. The quantitative estimate of drug-likeness (QED) is 0.419. The highest BCUT2D eigenvalue weighted by molar-refractivity contribution is 5.81. The second-order valence-electron chi connectivity index (χ2n) is 8.42. The maximum atomic E-state index is 13.0. The van der Waals surface area contributed by atoms with Gasteiger partial charge >= 0.3 is 18.2 Å².